The van der Waals surface area contributed by atoms with Crippen molar-refractivity contribution in [2.24, 2.45) is 0 Å². The van der Waals surface area contributed by atoms with Crippen LogP contribution in [0.4, 0.5) is 0 Å². The lowest BCUT2D eigenvalue weighted by Crippen LogP contribution is -2.48. The van der Waals surface area contributed by atoms with Crippen LogP contribution < -0.4 is 5.32 Å². The lowest BCUT2D eigenvalue weighted by molar-refractivity contribution is -0.129. The van der Waals surface area contributed by atoms with E-state index in [4.69, 9.17) is 0 Å². The maximum Gasteiger partial charge on any atom is 0.230 e. The lowest BCUT2D eigenvalue weighted by atomic mass is 9.64. The maximum atomic E-state index is 11.9. The van der Waals surface area contributed by atoms with Gasteiger partial charge in [-0.25, -0.2) is 0 Å². The number of likely N-dealkylation sites (N-methyl/N-ethyl adjacent to an activating group) is 1. The first-order valence-electron chi connectivity index (χ1n) is 5.17. The van der Waals surface area contributed by atoms with Crippen molar-refractivity contribution in [3.8, 4) is 0 Å². The van der Waals surface area contributed by atoms with Crippen LogP contribution >= 0.6 is 15.9 Å². The molecule has 0 unspecified atom stereocenters. The molecule has 0 spiro atoms. The van der Waals surface area contributed by atoms with Gasteiger partial charge in [-0.2, -0.15) is 0 Å². The van der Waals surface area contributed by atoms with Crippen molar-refractivity contribution in [3.05, 3.63) is 34.3 Å². The average Bonchev–Trinajstić information content (AvgIpc) is 2.19. The van der Waals surface area contributed by atoms with E-state index in [1.165, 1.54) is 0 Å². The highest BCUT2D eigenvalue weighted by molar-refractivity contribution is 9.10. The fourth-order valence-corrected chi connectivity index (χ4v) is 2.45. The van der Waals surface area contributed by atoms with E-state index in [1.54, 1.807) is 7.05 Å². The van der Waals surface area contributed by atoms with Crippen LogP contribution in [-0.2, 0) is 10.2 Å². The Bertz CT molecular complexity index is 368. The van der Waals surface area contributed by atoms with Gasteiger partial charge in [-0.05, 0) is 30.5 Å². The third-order valence-electron chi connectivity index (χ3n) is 3.27. The minimum absolute atomic E-state index is 0.149. The molecule has 2 rings (SSSR count). The van der Waals surface area contributed by atoms with Gasteiger partial charge in [-0.3, -0.25) is 4.79 Å². The molecule has 0 aliphatic heterocycles. The van der Waals surface area contributed by atoms with E-state index in [1.807, 2.05) is 24.3 Å². The molecule has 1 amide bonds. The summed E-state index contributed by atoms with van der Waals surface area (Å²) in [7, 11) is 1.71. The second-order valence-corrected chi connectivity index (χ2v) is 4.94. The SMILES string of the molecule is CNC(=O)C1(c2ccc(Br)cc2)CCC1. The number of hydrogen-bond donors (Lipinski definition) is 1. The summed E-state index contributed by atoms with van der Waals surface area (Å²) in [6.45, 7) is 0. The van der Waals surface area contributed by atoms with Crippen molar-refractivity contribution >= 4 is 21.8 Å². The average molecular weight is 268 g/mol. The second-order valence-electron chi connectivity index (χ2n) is 4.02. The van der Waals surface area contributed by atoms with Crippen LogP contribution in [0.2, 0.25) is 0 Å². The predicted octanol–water partition coefficient (Wildman–Crippen LogP) is 2.62. The first kappa shape index (κ1) is 10.7. The van der Waals surface area contributed by atoms with Crippen LogP contribution in [0.1, 0.15) is 24.8 Å². The van der Waals surface area contributed by atoms with E-state index in [9.17, 15) is 4.79 Å². The largest absolute Gasteiger partial charge is 0.358 e. The van der Waals surface area contributed by atoms with Crippen molar-refractivity contribution < 1.29 is 4.79 Å². The topological polar surface area (TPSA) is 29.1 Å². The Labute approximate surface area is 98.2 Å². The molecule has 1 fully saturated rings. The summed E-state index contributed by atoms with van der Waals surface area (Å²) in [5.41, 5.74) is 0.881. The zero-order valence-electron chi connectivity index (χ0n) is 8.72. The molecule has 0 atom stereocenters. The smallest absolute Gasteiger partial charge is 0.230 e. The molecule has 0 saturated heterocycles. The Morgan fingerprint density at radius 3 is 2.33 bits per heavy atom. The van der Waals surface area contributed by atoms with Gasteiger partial charge in [0.25, 0.3) is 0 Å². The van der Waals surface area contributed by atoms with Gasteiger partial charge in [0.1, 0.15) is 0 Å². The molecule has 1 aromatic rings. The van der Waals surface area contributed by atoms with Crippen LogP contribution in [0, 0.1) is 0 Å². The fourth-order valence-electron chi connectivity index (χ4n) is 2.19. The lowest BCUT2D eigenvalue weighted by Gasteiger charge is -2.40. The highest BCUT2D eigenvalue weighted by Gasteiger charge is 2.44. The Morgan fingerprint density at radius 2 is 1.93 bits per heavy atom. The van der Waals surface area contributed by atoms with E-state index < -0.39 is 0 Å². The monoisotopic (exact) mass is 267 g/mol. The van der Waals surface area contributed by atoms with Gasteiger partial charge < -0.3 is 5.32 Å². The second kappa shape index (κ2) is 3.97. The van der Waals surface area contributed by atoms with Crippen molar-refractivity contribution in [2.45, 2.75) is 24.7 Å². The first-order chi connectivity index (χ1) is 7.19. The van der Waals surface area contributed by atoms with Crippen LogP contribution in [0.25, 0.3) is 0 Å². The first-order valence-corrected chi connectivity index (χ1v) is 5.96. The minimum Gasteiger partial charge on any atom is -0.358 e. The number of benzene rings is 1. The van der Waals surface area contributed by atoms with Crippen LogP contribution in [0.15, 0.2) is 28.7 Å². The number of hydrogen-bond acceptors (Lipinski definition) is 1. The molecule has 0 heterocycles. The van der Waals surface area contributed by atoms with E-state index >= 15 is 0 Å². The third kappa shape index (κ3) is 1.69. The molecule has 3 heteroatoms. The molecule has 1 saturated carbocycles. The van der Waals surface area contributed by atoms with Gasteiger partial charge in [-0.15, -0.1) is 0 Å². The van der Waals surface area contributed by atoms with Crippen molar-refractivity contribution in [2.75, 3.05) is 7.05 Å². The Hall–Kier alpha value is -0.830. The summed E-state index contributed by atoms with van der Waals surface area (Å²) in [4.78, 5) is 11.9. The van der Waals surface area contributed by atoms with Gasteiger partial charge in [0.15, 0.2) is 0 Å². The Morgan fingerprint density at radius 1 is 1.33 bits per heavy atom. The maximum absolute atomic E-state index is 11.9. The summed E-state index contributed by atoms with van der Waals surface area (Å²) in [5.74, 6) is 0.149. The molecule has 1 aliphatic rings. The number of nitrogens with one attached hydrogen (secondary N) is 1. The number of carbonyl (C=O) groups is 1. The fraction of sp³-hybridized carbons (Fsp3) is 0.417. The summed E-state index contributed by atoms with van der Waals surface area (Å²) >= 11 is 3.41. The summed E-state index contributed by atoms with van der Waals surface area (Å²) in [6.07, 6.45) is 3.08. The molecule has 0 aromatic heterocycles. The summed E-state index contributed by atoms with van der Waals surface area (Å²) < 4.78 is 1.05. The molecule has 2 nitrogen and oxygen atoms in total. The molecule has 0 bridgehead atoms. The highest BCUT2D eigenvalue weighted by atomic mass is 79.9. The zero-order valence-corrected chi connectivity index (χ0v) is 10.3. The van der Waals surface area contributed by atoms with Gasteiger partial charge in [-0.1, -0.05) is 34.5 Å². The number of rotatable bonds is 2. The molecule has 1 aliphatic carbocycles. The normalized spacial score (nSPS) is 18.0. The summed E-state index contributed by atoms with van der Waals surface area (Å²) in [5, 5.41) is 2.77. The molecular formula is C12H14BrNO. The van der Waals surface area contributed by atoms with Crippen LogP contribution in [0.5, 0.6) is 0 Å². The number of amides is 1. The summed E-state index contributed by atoms with van der Waals surface area (Å²) in [6, 6.07) is 8.08. The molecular weight excluding hydrogens is 254 g/mol. The van der Waals surface area contributed by atoms with E-state index in [0.717, 1.165) is 29.3 Å². The van der Waals surface area contributed by atoms with Crippen molar-refractivity contribution in [3.63, 3.8) is 0 Å². The Kier molecular flexibility index (Phi) is 2.83. The van der Waals surface area contributed by atoms with Crippen molar-refractivity contribution in [1.29, 1.82) is 0 Å². The van der Waals surface area contributed by atoms with Gasteiger partial charge >= 0.3 is 0 Å². The van der Waals surface area contributed by atoms with Crippen molar-refractivity contribution in [1.82, 2.24) is 5.32 Å². The van der Waals surface area contributed by atoms with Gasteiger partial charge in [0.05, 0.1) is 5.41 Å². The predicted molar refractivity (Wildman–Crippen MR) is 63.7 cm³/mol. The minimum atomic E-state index is -0.255. The molecule has 1 N–H and O–H groups in total. The van der Waals surface area contributed by atoms with E-state index in [2.05, 4.69) is 21.2 Å². The molecule has 15 heavy (non-hydrogen) atoms. The zero-order chi connectivity index (χ0) is 10.9. The molecule has 0 radical (unpaired) electrons. The standard InChI is InChI=1S/C12H14BrNO/c1-14-11(15)12(7-2-8-12)9-3-5-10(13)6-4-9/h3-6H,2,7-8H2,1H3,(H,14,15). The number of carbonyl (C=O) groups excluding carboxylic acids is 1. The third-order valence-corrected chi connectivity index (χ3v) is 3.79. The van der Waals surface area contributed by atoms with E-state index in [0.29, 0.717) is 0 Å². The van der Waals surface area contributed by atoms with Crippen LogP contribution in [-0.4, -0.2) is 13.0 Å². The quantitative estimate of drug-likeness (QED) is 0.877. The Balaban J connectivity index is 2.34. The van der Waals surface area contributed by atoms with Crippen LogP contribution in [0.3, 0.4) is 0 Å². The van der Waals surface area contributed by atoms with E-state index in [-0.39, 0.29) is 11.3 Å². The van der Waals surface area contributed by atoms with Gasteiger partial charge in [0, 0.05) is 11.5 Å². The molecule has 1 aromatic carbocycles. The van der Waals surface area contributed by atoms with Gasteiger partial charge in [0.2, 0.25) is 5.91 Å². The number of halogens is 1. The highest BCUT2D eigenvalue weighted by Crippen LogP contribution is 2.44. The molecule has 80 valence electrons.